The first-order valence-corrected chi connectivity index (χ1v) is 7.91. The lowest BCUT2D eigenvalue weighted by molar-refractivity contribution is 0.240. The number of aromatic amines is 1. The number of benzene rings is 2. The molecule has 0 aliphatic heterocycles. The number of carbonyl (C=O) groups is 1. The number of hydrogen-bond donors (Lipinski definition) is 3. The number of hydrogen-bond acceptors (Lipinski definition) is 3. The van der Waals surface area contributed by atoms with E-state index < -0.39 is 0 Å². The molecule has 0 fully saturated rings. The Morgan fingerprint density at radius 1 is 1.04 bits per heavy atom. The second-order valence-corrected chi connectivity index (χ2v) is 5.71. The summed E-state index contributed by atoms with van der Waals surface area (Å²) in [6.45, 7) is 0.584. The SMILES string of the molecule is O=C(NCc1ccc(Cl)cc1)NCc1nc(-c2ccc(F)cc2)n[nH]1. The van der Waals surface area contributed by atoms with Gasteiger partial charge in [-0.25, -0.2) is 14.2 Å². The lowest BCUT2D eigenvalue weighted by Crippen LogP contribution is -2.34. The molecule has 2 aromatic carbocycles. The molecule has 0 spiro atoms. The first-order valence-electron chi connectivity index (χ1n) is 7.53. The molecule has 25 heavy (non-hydrogen) atoms. The number of urea groups is 1. The fourth-order valence-corrected chi connectivity index (χ4v) is 2.24. The third-order valence-electron chi connectivity index (χ3n) is 3.42. The number of nitrogens with zero attached hydrogens (tertiary/aromatic N) is 2. The first-order chi connectivity index (χ1) is 12.1. The van der Waals surface area contributed by atoms with Gasteiger partial charge in [0.2, 0.25) is 0 Å². The zero-order valence-electron chi connectivity index (χ0n) is 13.1. The van der Waals surface area contributed by atoms with Gasteiger partial charge >= 0.3 is 6.03 Å². The van der Waals surface area contributed by atoms with Crippen molar-refractivity contribution in [2.45, 2.75) is 13.1 Å². The van der Waals surface area contributed by atoms with Crippen molar-refractivity contribution in [1.82, 2.24) is 25.8 Å². The minimum atomic E-state index is -0.324. The van der Waals surface area contributed by atoms with Crippen molar-refractivity contribution in [3.05, 3.63) is 70.8 Å². The van der Waals surface area contributed by atoms with E-state index in [1.165, 1.54) is 12.1 Å². The van der Waals surface area contributed by atoms with Gasteiger partial charge in [0.1, 0.15) is 11.6 Å². The number of aromatic nitrogens is 3. The van der Waals surface area contributed by atoms with Gasteiger partial charge in [0, 0.05) is 17.1 Å². The van der Waals surface area contributed by atoms with Gasteiger partial charge in [-0.1, -0.05) is 23.7 Å². The summed E-state index contributed by atoms with van der Waals surface area (Å²) in [6, 6.07) is 12.8. The van der Waals surface area contributed by atoms with Gasteiger partial charge < -0.3 is 10.6 Å². The molecule has 1 heterocycles. The van der Waals surface area contributed by atoms with Crippen LogP contribution < -0.4 is 10.6 Å². The van der Waals surface area contributed by atoms with Crippen LogP contribution in [0.3, 0.4) is 0 Å². The van der Waals surface area contributed by atoms with Crippen LogP contribution in [-0.4, -0.2) is 21.2 Å². The molecule has 2 amide bonds. The molecule has 8 heteroatoms. The number of nitrogens with one attached hydrogen (secondary N) is 3. The van der Waals surface area contributed by atoms with Crippen LogP contribution in [0.1, 0.15) is 11.4 Å². The van der Waals surface area contributed by atoms with Crippen molar-refractivity contribution in [1.29, 1.82) is 0 Å². The van der Waals surface area contributed by atoms with Crippen molar-refractivity contribution in [2.24, 2.45) is 0 Å². The van der Waals surface area contributed by atoms with Gasteiger partial charge in [-0.05, 0) is 42.0 Å². The molecule has 0 saturated carbocycles. The Balaban J connectivity index is 1.49. The largest absolute Gasteiger partial charge is 0.334 e. The standard InChI is InChI=1S/C17H15ClFN5O/c18-13-5-1-11(2-6-13)9-20-17(25)21-10-15-22-16(24-23-15)12-3-7-14(19)8-4-12/h1-8H,9-10H2,(H2,20,21,25)(H,22,23,24). The van der Waals surface area contributed by atoms with Crippen molar-refractivity contribution in [2.75, 3.05) is 0 Å². The van der Waals surface area contributed by atoms with E-state index in [2.05, 4.69) is 25.8 Å². The van der Waals surface area contributed by atoms with E-state index >= 15 is 0 Å². The Labute approximate surface area is 148 Å². The Kier molecular flexibility index (Phi) is 5.25. The van der Waals surface area contributed by atoms with E-state index in [1.807, 2.05) is 12.1 Å². The molecule has 1 aromatic heterocycles. The quantitative estimate of drug-likeness (QED) is 0.654. The highest BCUT2D eigenvalue weighted by atomic mass is 35.5. The molecule has 0 radical (unpaired) electrons. The summed E-state index contributed by atoms with van der Waals surface area (Å²) in [4.78, 5) is 16.1. The van der Waals surface area contributed by atoms with Gasteiger partial charge in [0.05, 0.1) is 6.54 Å². The predicted octanol–water partition coefficient (Wildman–Crippen LogP) is 3.26. The van der Waals surface area contributed by atoms with Crippen LogP contribution in [0.2, 0.25) is 5.02 Å². The lowest BCUT2D eigenvalue weighted by Gasteiger charge is -2.06. The van der Waals surface area contributed by atoms with Crippen LogP contribution in [0, 0.1) is 5.82 Å². The summed E-state index contributed by atoms with van der Waals surface area (Å²) in [5.41, 5.74) is 1.63. The van der Waals surface area contributed by atoms with Gasteiger partial charge in [0.25, 0.3) is 0 Å². The van der Waals surface area contributed by atoms with Crippen LogP contribution in [-0.2, 0) is 13.1 Å². The number of amides is 2. The smallest absolute Gasteiger partial charge is 0.315 e. The van der Waals surface area contributed by atoms with E-state index in [-0.39, 0.29) is 18.4 Å². The van der Waals surface area contributed by atoms with Crippen LogP contribution >= 0.6 is 11.6 Å². The van der Waals surface area contributed by atoms with Crippen LogP contribution in [0.15, 0.2) is 48.5 Å². The summed E-state index contributed by atoms with van der Waals surface area (Å²) in [7, 11) is 0. The Hall–Kier alpha value is -2.93. The molecule has 6 nitrogen and oxygen atoms in total. The molecule has 3 N–H and O–H groups in total. The molecule has 0 aliphatic carbocycles. The molecule has 0 atom stereocenters. The molecule has 0 bridgehead atoms. The average molecular weight is 360 g/mol. The number of rotatable bonds is 5. The third-order valence-corrected chi connectivity index (χ3v) is 3.67. The normalized spacial score (nSPS) is 10.5. The average Bonchev–Trinajstić information content (AvgIpc) is 3.09. The fraction of sp³-hybridized carbons (Fsp3) is 0.118. The maximum absolute atomic E-state index is 12.9. The highest BCUT2D eigenvalue weighted by Gasteiger charge is 2.07. The Bertz CT molecular complexity index is 848. The zero-order chi connectivity index (χ0) is 17.6. The molecule has 3 aromatic rings. The summed E-state index contributed by atoms with van der Waals surface area (Å²) < 4.78 is 12.9. The molecule has 0 unspecified atom stereocenters. The summed E-state index contributed by atoms with van der Waals surface area (Å²) in [5.74, 6) is 0.623. The van der Waals surface area contributed by atoms with Crippen molar-refractivity contribution >= 4 is 17.6 Å². The minimum Gasteiger partial charge on any atom is -0.334 e. The highest BCUT2D eigenvalue weighted by molar-refractivity contribution is 6.30. The second kappa shape index (κ2) is 7.76. The van der Waals surface area contributed by atoms with Crippen LogP contribution in [0.25, 0.3) is 11.4 Å². The van der Waals surface area contributed by atoms with Crippen LogP contribution in [0.5, 0.6) is 0 Å². The van der Waals surface area contributed by atoms with E-state index in [4.69, 9.17) is 11.6 Å². The van der Waals surface area contributed by atoms with E-state index in [0.717, 1.165) is 5.56 Å². The molecule has 0 saturated heterocycles. The second-order valence-electron chi connectivity index (χ2n) is 5.28. The first kappa shape index (κ1) is 16.9. The van der Waals surface area contributed by atoms with Crippen LogP contribution in [0.4, 0.5) is 9.18 Å². The Morgan fingerprint density at radius 3 is 2.44 bits per heavy atom. The van der Waals surface area contributed by atoms with Gasteiger partial charge in [-0.15, -0.1) is 0 Å². The monoisotopic (exact) mass is 359 g/mol. The summed E-state index contributed by atoms with van der Waals surface area (Å²) in [5, 5.41) is 12.9. The van der Waals surface area contributed by atoms with E-state index in [0.29, 0.717) is 28.8 Å². The molecule has 3 rings (SSSR count). The molecular formula is C17H15ClFN5O. The highest BCUT2D eigenvalue weighted by Crippen LogP contribution is 2.14. The summed E-state index contributed by atoms with van der Waals surface area (Å²) in [6.07, 6.45) is 0. The molecular weight excluding hydrogens is 345 g/mol. The van der Waals surface area contributed by atoms with E-state index in [1.54, 1.807) is 24.3 Å². The molecule has 0 aliphatic rings. The van der Waals surface area contributed by atoms with E-state index in [9.17, 15) is 9.18 Å². The number of H-pyrrole nitrogens is 1. The van der Waals surface area contributed by atoms with Gasteiger partial charge in [-0.2, -0.15) is 5.10 Å². The fourth-order valence-electron chi connectivity index (χ4n) is 2.11. The maximum Gasteiger partial charge on any atom is 0.315 e. The maximum atomic E-state index is 12.9. The number of halogens is 2. The zero-order valence-corrected chi connectivity index (χ0v) is 13.8. The van der Waals surface area contributed by atoms with Crippen molar-refractivity contribution < 1.29 is 9.18 Å². The predicted molar refractivity (Wildman–Crippen MR) is 92.3 cm³/mol. The third kappa shape index (κ3) is 4.77. The topological polar surface area (TPSA) is 82.7 Å². The number of carbonyl (C=O) groups excluding carboxylic acids is 1. The Morgan fingerprint density at radius 2 is 1.72 bits per heavy atom. The van der Waals surface area contributed by atoms with Gasteiger partial charge in [0.15, 0.2) is 5.82 Å². The van der Waals surface area contributed by atoms with Gasteiger partial charge in [-0.3, -0.25) is 5.10 Å². The minimum absolute atomic E-state index is 0.195. The van der Waals surface area contributed by atoms with Crippen molar-refractivity contribution in [3.63, 3.8) is 0 Å². The lowest BCUT2D eigenvalue weighted by atomic mass is 10.2. The molecule has 128 valence electrons. The van der Waals surface area contributed by atoms with Crippen molar-refractivity contribution in [3.8, 4) is 11.4 Å². The summed E-state index contributed by atoms with van der Waals surface area (Å²) >= 11 is 5.81.